The average molecular weight is 312 g/mol. The van der Waals surface area contributed by atoms with E-state index >= 15 is 0 Å². The van der Waals surface area contributed by atoms with Crippen molar-refractivity contribution in [2.24, 2.45) is 0 Å². The highest BCUT2D eigenvalue weighted by Gasteiger charge is 2.09. The first-order valence-corrected chi connectivity index (χ1v) is 7.89. The van der Waals surface area contributed by atoms with Gasteiger partial charge in [-0.25, -0.2) is 0 Å². The topological polar surface area (TPSA) is 51.2 Å². The van der Waals surface area contributed by atoms with E-state index in [1.807, 2.05) is 35.7 Å². The first-order valence-electron chi connectivity index (χ1n) is 7.01. The van der Waals surface area contributed by atoms with Crippen LogP contribution in [-0.4, -0.2) is 18.0 Å². The number of hydrogen-bond donors (Lipinski definition) is 1. The number of carbonyl (C=O) groups excluding carboxylic acids is 1. The summed E-state index contributed by atoms with van der Waals surface area (Å²) in [7, 11) is 1.61. The van der Waals surface area contributed by atoms with Crippen molar-refractivity contribution in [3.63, 3.8) is 0 Å². The molecule has 0 aliphatic heterocycles. The summed E-state index contributed by atoms with van der Waals surface area (Å²) >= 11 is 1.67. The summed E-state index contributed by atoms with van der Waals surface area (Å²) in [6.07, 6.45) is 2.92. The number of thiophene rings is 1. The number of carbonyl (C=O) groups is 1. The van der Waals surface area contributed by atoms with Gasteiger partial charge in [0.25, 0.3) is 0 Å². The lowest BCUT2D eigenvalue weighted by Crippen LogP contribution is -2.12. The minimum Gasteiger partial charge on any atom is -0.497 e. The number of pyridine rings is 1. The fourth-order valence-electron chi connectivity index (χ4n) is 2.28. The van der Waals surface area contributed by atoms with Crippen LogP contribution in [0.2, 0.25) is 0 Å². The second-order valence-electron chi connectivity index (χ2n) is 4.88. The number of ether oxygens (including phenoxy) is 1. The van der Waals surface area contributed by atoms with Gasteiger partial charge in [0.2, 0.25) is 5.91 Å². The third-order valence-corrected chi connectivity index (χ3v) is 4.30. The number of nitrogens with one attached hydrogen (secondary N) is 1. The van der Waals surface area contributed by atoms with Crippen LogP contribution in [-0.2, 0) is 11.2 Å². The minimum absolute atomic E-state index is 0.0198. The SMILES string of the molecule is COc1cc(NC(=O)CCc2cccs2)c2ncccc2c1. The summed E-state index contributed by atoms with van der Waals surface area (Å²) < 4.78 is 5.29. The number of methoxy groups -OCH3 is 1. The van der Waals surface area contributed by atoms with E-state index in [0.29, 0.717) is 17.9 Å². The number of hydrogen-bond acceptors (Lipinski definition) is 4. The molecule has 1 amide bonds. The molecule has 0 bridgehead atoms. The molecule has 22 heavy (non-hydrogen) atoms. The third-order valence-electron chi connectivity index (χ3n) is 3.37. The van der Waals surface area contributed by atoms with Crippen molar-refractivity contribution < 1.29 is 9.53 Å². The number of amides is 1. The smallest absolute Gasteiger partial charge is 0.224 e. The standard InChI is InChI=1S/C17H16N2O2S/c1-21-13-10-12-4-2-8-18-17(12)15(11-13)19-16(20)7-6-14-5-3-9-22-14/h2-5,8-11H,6-7H2,1H3,(H,19,20). The first kappa shape index (κ1) is 14.5. The Kier molecular flexibility index (Phi) is 4.34. The van der Waals surface area contributed by atoms with Crippen LogP contribution in [0.5, 0.6) is 5.75 Å². The van der Waals surface area contributed by atoms with Gasteiger partial charge in [0, 0.05) is 28.9 Å². The molecule has 0 aliphatic rings. The third kappa shape index (κ3) is 3.26. The summed E-state index contributed by atoms with van der Waals surface area (Å²) in [6, 6.07) is 11.6. The predicted octanol–water partition coefficient (Wildman–Crippen LogP) is 3.88. The van der Waals surface area contributed by atoms with Gasteiger partial charge in [0.15, 0.2) is 0 Å². The van der Waals surface area contributed by atoms with E-state index in [9.17, 15) is 4.79 Å². The first-order chi connectivity index (χ1) is 10.8. The van der Waals surface area contributed by atoms with Crippen molar-refractivity contribution in [2.75, 3.05) is 12.4 Å². The Morgan fingerprint density at radius 3 is 3.00 bits per heavy atom. The molecule has 1 aromatic carbocycles. The van der Waals surface area contributed by atoms with Gasteiger partial charge in [-0.05, 0) is 30.0 Å². The molecule has 3 aromatic rings. The Balaban J connectivity index is 1.78. The molecular weight excluding hydrogens is 296 g/mol. The van der Waals surface area contributed by atoms with Crippen molar-refractivity contribution >= 4 is 33.8 Å². The predicted molar refractivity (Wildman–Crippen MR) is 89.6 cm³/mol. The zero-order valence-corrected chi connectivity index (χ0v) is 13.0. The Bertz CT molecular complexity index is 784. The summed E-state index contributed by atoms with van der Waals surface area (Å²) in [5.41, 5.74) is 1.46. The highest BCUT2D eigenvalue weighted by Crippen LogP contribution is 2.27. The van der Waals surface area contributed by atoms with Crippen molar-refractivity contribution in [1.29, 1.82) is 0 Å². The van der Waals surface area contributed by atoms with Crippen LogP contribution < -0.4 is 10.1 Å². The second kappa shape index (κ2) is 6.58. The number of rotatable bonds is 5. The zero-order chi connectivity index (χ0) is 15.4. The molecule has 0 aliphatic carbocycles. The van der Waals surface area contributed by atoms with E-state index in [4.69, 9.17) is 4.74 Å². The van der Waals surface area contributed by atoms with Crippen LogP contribution in [0, 0.1) is 0 Å². The maximum atomic E-state index is 12.2. The van der Waals surface area contributed by atoms with Gasteiger partial charge in [-0.2, -0.15) is 0 Å². The Hall–Kier alpha value is -2.40. The lowest BCUT2D eigenvalue weighted by molar-refractivity contribution is -0.116. The van der Waals surface area contributed by atoms with Crippen molar-refractivity contribution in [3.8, 4) is 5.75 Å². The number of nitrogens with zero attached hydrogens (tertiary/aromatic N) is 1. The van der Waals surface area contributed by atoms with Crippen LogP contribution in [0.3, 0.4) is 0 Å². The van der Waals surface area contributed by atoms with E-state index in [1.165, 1.54) is 4.88 Å². The van der Waals surface area contributed by atoms with Gasteiger partial charge in [-0.3, -0.25) is 9.78 Å². The molecule has 2 aromatic heterocycles. The maximum Gasteiger partial charge on any atom is 0.224 e. The zero-order valence-electron chi connectivity index (χ0n) is 12.2. The molecule has 0 fully saturated rings. The van der Waals surface area contributed by atoms with Crippen molar-refractivity contribution in [2.45, 2.75) is 12.8 Å². The largest absolute Gasteiger partial charge is 0.497 e. The summed E-state index contributed by atoms with van der Waals surface area (Å²) in [5.74, 6) is 0.683. The lowest BCUT2D eigenvalue weighted by atomic mass is 10.1. The van der Waals surface area contributed by atoms with E-state index in [1.54, 1.807) is 30.7 Å². The lowest BCUT2D eigenvalue weighted by Gasteiger charge is -2.10. The number of fused-ring (bicyclic) bond motifs is 1. The molecule has 0 spiro atoms. The molecule has 0 saturated carbocycles. The molecule has 2 heterocycles. The Morgan fingerprint density at radius 2 is 2.23 bits per heavy atom. The van der Waals surface area contributed by atoms with E-state index in [2.05, 4.69) is 10.3 Å². The van der Waals surface area contributed by atoms with Crippen molar-refractivity contribution in [3.05, 3.63) is 52.9 Å². The van der Waals surface area contributed by atoms with Crippen LogP contribution in [0.4, 0.5) is 5.69 Å². The van der Waals surface area contributed by atoms with Crippen LogP contribution in [0.15, 0.2) is 48.0 Å². The minimum atomic E-state index is -0.0198. The van der Waals surface area contributed by atoms with E-state index in [-0.39, 0.29) is 5.91 Å². The molecule has 5 heteroatoms. The summed E-state index contributed by atoms with van der Waals surface area (Å²) in [5, 5.41) is 5.91. The Morgan fingerprint density at radius 1 is 1.32 bits per heavy atom. The fourth-order valence-corrected chi connectivity index (χ4v) is 2.99. The average Bonchev–Trinajstić information content (AvgIpc) is 3.06. The van der Waals surface area contributed by atoms with Crippen molar-refractivity contribution in [1.82, 2.24) is 4.98 Å². The fraction of sp³-hybridized carbons (Fsp3) is 0.176. The Labute approximate surface area is 132 Å². The van der Waals surface area contributed by atoms with E-state index < -0.39 is 0 Å². The molecule has 0 unspecified atom stereocenters. The normalized spacial score (nSPS) is 10.6. The molecule has 0 radical (unpaired) electrons. The van der Waals surface area contributed by atoms with Crippen LogP contribution >= 0.6 is 11.3 Å². The summed E-state index contributed by atoms with van der Waals surface area (Å²) in [6.45, 7) is 0. The summed E-state index contributed by atoms with van der Waals surface area (Å²) in [4.78, 5) is 17.7. The maximum absolute atomic E-state index is 12.2. The van der Waals surface area contributed by atoms with Crippen LogP contribution in [0.25, 0.3) is 10.9 Å². The molecule has 1 N–H and O–H groups in total. The molecular formula is C17H16N2O2S. The number of anilines is 1. The number of aryl methyl sites for hydroxylation is 1. The van der Waals surface area contributed by atoms with Gasteiger partial charge < -0.3 is 10.1 Å². The van der Waals surface area contributed by atoms with Crippen LogP contribution in [0.1, 0.15) is 11.3 Å². The number of aromatic nitrogens is 1. The molecule has 0 saturated heterocycles. The highest BCUT2D eigenvalue weighted by atomic mass is 32.1. The molecule has 0 atom stereocenters. The monoisotopic (exact) mass is 312 g/mol. The van der Waals surface area contributed by atoms with Gasteiger partial charge in [-0.1, -0.05) is 12.1 Å². The molecule has 4 nitrogen and oxygen atoms in total. The number of benzene rings is 1. The van der Waals surface area contributed by atoms with Gasteiger partial charge in [0.05, 0.1) is 18.3 Å². The van der Waals surface area contributed by atoms with Gasteiger partial charge in [-0.15, -0.1) is 11.3 Å². The second-order valence-corrected chi connectivity index (χ2v) is 5.91. The van der Waals surface area contributed by atoms with E-state index in [0.717, 1.165) is 17.3 Å². The quantitative estimate of drug-likeness (QED) is 0.778. The van der Waals surface area contributed by atoms with Gasteiger partial charge >= 0.3 is 0 Å². The highest BCUT2D eigenvalue weighted by molar-refractivity contribution is 7.09. The van der Waals surface area contributed by atoms with Gasteiger partial charge in [0.1, 0.15) is 5.75 Å². The molecule has 3 rings (SSSR count). The molecule has 112 valence electrons.